The van der Waals surface area contributed by atoms with Crippen LogP contribution in [0.4, 0.5) is 0 Å². The second kappa shape index (κ2) is 8.39. The minimum atomic E-state index is -0.335. The second-order valence-electron chi connectivity index (χ2n) is 5.09. The molecule has 2 N–H and O–H groups in total. The van der Waals surface area contributed by atoms with Crippen LogP contribution in [0.2, 0.25) is 5.22 Å². The summed E-state index contributed by atoms with van der Waals surface area (Å²) in [5.74, 6) is -0.250. The van der Waals surface area contributed by atoms with Gasteiger partial charge in [0.05, 0.1) is 0 Å². The topological polar surface area (TPSA) is 71.3 Å². The van der Waals surface area contributed by atoms with Gasteiger partial charge in [-0.2, -0.15) is 0 Å². The van der Waals surface area contributed by atoms with E-state index in [0.29, 0.717) is 18.7 Å². The molecule has 0 unspecified atom stereocenters. The Balaban J connectivity index is 1.85. The Morgan fingerprint density at radius 2 is 1.78 bits per heavy atom. The van der Waals surface area contributed by atoms with Crippen LogP contribution in [0.3, 0.4) is 0 Å². The van der Waals surface area contributed by atoms with Crippen LogP contribution in [0.25, 0.3) is 0 Å². The molecular formula is C17H19ClN2O3. The van der Waals surface area contributed by atoms with Crippen molar-refractivity contribution in [3.8, 4) is 0 Å². The maximum absolute atomic E-state index is 11.9. The highest BCUT2D eigenvalue weighted by molar-refractivity contribution is 6.29. The van der Waals surface area contributed by atoms with Crippen LogP contribution >= 0.6 is 11.6 Å². The van der Waals surface area contributed by atoms with Crippen molar-refractivity contribution in [1.29, 1.82) is 0 Å². The fourth-order valence-corrected chi connectivity index (χ4v) is 2.11. The predicted octanol–water partition coefficient (Wildman–Crippen LogP) is 3.39. The number of amides is 2. The van der Waals surface area contributed by atoms with Crippen molar-refractivity contribution in [3.05, 3.63) is 58.5 Å². The van der Waals surface area contributed by atoms with Gasteiger partial charge in [-0.3, -0.25) is 9.59 Å². The molecule has 2 rings (SSSR count). The summed E-state index contributed by atoms with van der Waals surface area (Å²) in [5, 5.41) is 5.76. The first-order valence-electron chi connectivity index (χ1n) is 7.51. The molecule has 0 fully saturated rings. The minimum Gasteiger partial charge on any atom is -0.440 e. The lowest BCUT2D eigenvalue weighted by Crippen LogP contribution is -2.24. The molecule has 6 heteroatoms. The molecule has 0 aliphatic carbocycles. The van der Waals surface area contributed by atoms with Gasteiger partial charge in [0.25, 0.3) is 11.8 Å². The van der Waals surface area contributed by atoms with Gasteiger partial charge in [0.2, 0.25) is 0 Å². The number of benzene rings is 1. The van der Waals surface area contributed by atoms with E-state index in [4.69, 9.17) is 16.0 Å². The maximum atomic E-state index is 11.9. The number of furan rings is 1. The summed E-state index contributed by atoms with van der Waals surface area (Å²) in [4.78, 5) is 23.7. The van der Waals surface area contributed by atoms with Gasteiger partial charge in [-0.25, -0.2) is 0 Å². The fourth-order valence-electron chi connectivity index (χ4n) is 1.96. The lowest BCUT2D eigenvalue weighted by atomic mass is 10.1. The number of halogens is 1. The van der Waals surface area contributed by atoms with Crippen LogP contribution in [0.5, 0.6) is 0 Å². The summed E-state index contributed by atoms with van der Waals surface area (Å²) >= 11 is 5.63. The summed E-state index contributed by atoms with van der Waals surface area (Å²) in [5.41, 5.74) is 1.50. The van der Waals surface area contributed by atoms with E-state index in [9.17, 15) is 9.59 Å². The van der Waals surface area contributed by atoms with Crippen LogP contribution in [-0.4, -0.2) is 18.4 Å². The molecule has 2 aromatic rings. The third-order valence-electron chi connectivity index (χ3n) is 3.28. The second-order valence-corrected chi connectivity index (χ2v) is 5.47. The lowest BCUT2D eigenvalue weighted by molar-refractivity contribution is 0.0921. The molecular weight excluding hydrogens is 316 g/mol. The number of carbonyl (C=O) groups excluding carboxylic acids is 2. The van der Waals surface area contributed by atoms with Gasteiger partial charge < -0.3 is 15.1 Å². The van der Waals surface area contributed by atoms with Crippen molar-refractivity contribution in [3.63, 3.8) is 0 Å². The Morgan fingerprint density at radius 1 is 1.04 bits per heavy atom. The molecule has 5 nitrogen and oxygen atoms in total. The third kappa shape index (κ3) is 5.14. The van der Waals surface area contributed by atoms with Crippen molar-refractivity contribution in [2.75, 3.05) is 6.54 Å². The maximum Gasteiger partial charge on any atom is 0.287 e. The molecule has 122 valence electrons. The van der Waals surface area contributed by atoms with E-state index >= 15 is 0 Å². The highest BCUT2D eigenvalue weighted by Crippen LogP contribution is 2.13. The van der Waals surface area contributed by atoms with E-state index in [1.165, 1.54) is 12.1 Å². The van der Waals surface area contributed by atoms with Crippen LogP contribution in [-0.2, 0) is 6.54 Å². The fraction of sp³-hybridized carbons (Fsp3) is 0.294. The Labute approximate surface area is 140 Å². The largest absolute Gasteiger partial charge is 0.440 e. The van der Waals surface area contributed by atoms with Gasteiger partial charge in [0.1, 0.15) is 0 Å². The predicted molar refractivity (Wildman–Crippen MR) is 88.6 cm³/mol. The zero-order valence-corrected chi connectivity index (χ0v) is 13.7. The standard InChI is InChI=1S/C17H19ClN2O3/c1-2-3-10-19-16(21)13-6-4-12(5-7-13)11-20-17(22)14-8-9-15(18)23-14/h4-9H,2-3,10-11H2,1H3,(H,19,21)(H,20,22). The number of nitrogens with one attached hydrogen (secondary N) is 2. The zero-order valence-electron chi connectivity index (χ0n) is 12.9. The molecule has 2 amide bonds. The Bertz CT molecular complexity index is 665. The van der Waals surface area contributed by atoms with E-state index in [1.807, 2.05) is 12.1 Å². The van der Waals surface area contributed by atoms with E-state index in [1.54, 1.807) is 12.1 Å². The van der Waals surface area contributed by atoms with Crippen molar-refractivity contribution < 1.29 is 14.0 Å². The van der Waals surface area contributed by atoms with Crippen LogP contribution in [0, 0.1) is 0 Å². The SMILES string of the molecule is CCCCNC(=O)c1ccc(CNC(=O)c2ccc(Cl)o2)cc1. The highest BCUT2D eigenvalue weighted by atomic mass is 35.5. The molecule has 23 heavy (non-hydrogen) atoms. The Hall–Kier alpha value is -2.27. The molecule has 0 atom stereocenters. The number of rotatable bonds is 7. The summed E-state index contributed by atoms with van der Waals surface area (Å²) in [6, 6.07) is 10.1. The Morgan fingerprint density at radius 3 is 2.39 bits per heavy atom. The molecule has 1 aromatic carbocycles. The molecule has 0 bridgehead atoms. The van der Waals surface area contributed by atoms with Crippen molar-refractivity contribution in [2.24, 2.45) is 0 Å². The van der Waals surface area contributed by atoms with Crippen molar-refractivity contribution in [1.82, 2.24) is 10.6 Å². The average molecular weight is 335 g/mol. The first-order valence-corrected chi connectivity index (χ1v) is 7.88. The smallest absolute Gasteiger partial charge is 0.287 e. The molecule has 1 aromatic heterocycles. The first kappa shape index (κ1) is 17.1. The number of hydrogen-bond acceptors (Lipinski definition) is 3. The highest BCUT2D eigenvalue weighted by Gasteiger charge is 2.10. The molecule has 0 radical (unpaired) electrons. The van der Waals surface area contributed by atoms with Gasteiger partial charge in [-0.15, -0.1) is 0 Å². The third-order valence-corrected chi connectivity index (χ3v) is 3.49. The number of carbonyl (C=O) groups is 2. The van der Waals surface area contributed by atoms with Gasteiger partial charge in [0.15, 0.2) is 11.0 Å². The van der Waals surface area contributed by atoms with Crippen LogP contribution in [0.1, 0.15) is 46.2 Å². The van der Waals surface area contributed by atoms with E-state index in [2.05, 4.69) is 17.6 Å². The quantitative estimate of drug-likeness (QED) is 0.762. The normalized spacial score (nSPS) is 10.3. The van der Waals surface area contributed by atoms with Gasteiger partial charge in [-0.05, 0) is 47.9 Å². The molecule has 0 saturated heterocycles. The number of hydrogen-bond donors (Lipinski definition) is 2. The van der Waals surface area contributed by atoms with E-state index in [-0.39, 0.29) is 22.8 Å². The molecule has 0 saturated carbocycles. The summed E-state index contributed by atoms with van der Waals surface area (Å²) in [6.07, 6.45) is 2.01. The summed E-state index contributed by atoms with van der Waals surface area (Å²) in [7, 11) is 0. The van der Waals surface area contributed by atoms with Crippen molar-refractivity contribution in [2.45, 2.75) is 26.3 Å². The monoisotopic (exact) mass is 334 g/mol. The zero-order chi connectivity index (χ0) is 16.7. The number of unbranched alkanes of at least 4 members (excludes halogenated alkanes) is 1. The average Bonchev–Trinajstić information content (AvgIpc) is 3.00. The van der Waals surface area contributed by atoms with E-state index < -0.39 is 0 Å². The van der Waals surface area contributed by atoms with E-state index in [0.717, 1.165) is 18.4 Å². The lowest BCUT2D eigenvalue weighted by Gasteiger charge is -2.06. The molecule has 0 spiro atoms. The van der Waals surface area contributed by atoms with Crippen LogP contribution < -0.4 is 10.6 Å². The first-order chi connectivity index (χ1) is 11.1. The summed E-state index contributed by atoms with van der Waals surface area (Å²) < 4.78 is 5.03. The van der Waals surface area contributed by atoms with Crippen molar-refractivity contribution >= 4 is 23.4 Å². The van der Waals surface area contributed by atoms with Crippen LogP contribution in [0.15, 0.2) is 40.8 Å². The molecule has 0 aliphatic rings. The Kier molecular flexibility index (Phi) is 6.23. The molecule has 1 heterocycles. The van der Waals surface area contributed by atoms with Gasteiger partial charge >= 0.3 is 0 Å². The molecule has 0 aliphatic heterocycles. The van der Waals surface area contributed by atoms with Gasteiger partial charge in [-0.1, -0.05) is 25.5 Å². The minimum absolute atomic E-state index is 0.0840. The van der Waals surface area contributed by atoms with Gasteiger partial charge in [0, 0.05) is 18.7 Å². The summed E-state index contributed by atoms with van der Waals surface area (Å²) in [6.45, 7) is 3.10.